The van der Waals surface area contributed by atoms with Crippen LogP contribution >= 0.6 is 0 Å². The normalized spacial score (nSPS) is 16.9. The smallest absolute Gasteiger partial charge is 0.394 e. The number of nitrogens with zero attached hydrogens (tertiary/aromatic N) is 2. The molecule has 4 rings (SSSR count). The Morgan fingerprint density at radius 3 is 1.68 bits per heavy atom. The summed E-state index contributed by atoms with van der Waals surface area (Å²) in [6, 6.07) is 10.2. The standard InChI is InChI=1S/C24H33N3O4S.H2O4S/c1-31-22-6-8-23(9-7-22)32(29,30)25-16-19-14-20(17-26-10-2-3-11-26)24(28)21(15-19)18-27-12-4-5-13-27;1-5(2,3)4/h6-9,14-15,25,28H,2-5,10-13,16-18H2,1H3;(H2,1,2,3,4). The van der Waals surface area contributed by atoms with Crippen molar-refractivity contribution in [2.45, 2.75) is 50.2 Å². The van der Waals surface area contributed by atoms with Gasteiger partial charge in [-0.3, -0.25) is 18.9 Å². The number of hydrogen-bond acceptors (Lipinski definition) is 8. The number of likely N-dealkylation sites (tertiary alicyclic amines) is 2. The average molecular weight is 558 g/mol. The highest BCUT2D eigenvalue weighted by Crippen LogP contribution is 2.29. The van der Waals surface area contributed by atoms with Crippen LogP contribution in [0.4, 0.5) is 0 Å². The number of hydrogen-bond donors (Lipinski definition) is 4. The zero-order valence-corrected chi connectivity index (χ0v) is 22.5. The Morgan fingerprint density at radius 1 is 0.838 bits per heavy atom. The van der Waals surface area contributed by atoms with E-state index in [0.29, 0.717) is 24.6 Å². The molecule has 0 radical (unpaired) electrons. The summed E-state index contributed by atoms with van der Waals surface area (Å²) in [6.45, 7) is 5.71. The minimum atomic E-state index is -4.67. The van der Waals surface area contributed by atoms with Gasteiger partial charge in [-0.1, -0.05) is 0 Å². The third kappa shape index (κ3) is 9.52. The number of phenols is 1. The van der Waals surface area contributed by atoms with Crippen LogP contribution < -0.4 is 9.46 Å². The van der Waals surface area contributed by atoms with E-state index >= 15 is 0 Å². The second-order valence-corrected chi connectivity index (χ2v) is 11.8. The Kier molecular flexibility index (Phi) is 10.3. The largest absolute Gasteiger partial charge is 0.507 e. The summed E-state index contributed by atoms with van der Waals surface area (Å²) >= 11 is 0. The first-order valence-corrected chi connectivity index (χ1v) is 14.9. The Labute approximate surface area is 218 Å². The summed E-state index contributed by atoms with van der Waals surface area (Å²) in [4.78, 5) is 4.90. The summed E-state index contributed by atoms with van der Waals surface area (Å²) in [7, 11) is -6.77. The predicted octanol–water partition coefficient (Wildman–Crippen LogP) is 2.42. The zero-order valence-electron chi connectivity index (χ0n) is 20.8. The number of benzene rings is 2. The maximum Gasteiger partial charge on any atom is 0.394 e. The van der Waals surface area contributed by atoms with Gasteiger partial charge in [0.25, 0.3) is 0 Å². The van der Waals surface area contributed by atoms with Crippen LogP contribution in [0.1, 0.15) is 42.4 Å². The van der Waals surface area contributed by atoms with E-state index in [1.807, 2.05) is 12.1 Å². The third-order valence-corrected chi connectivity index (χ3v) is 7.77. The second-order valence-electron chi connectivity index (χ2n) is 9.18. The van der Waals surface area contributed by atoms with Gasteiger partial charge >= 0.3 is 10.4 Å². The summed E-state index contributed by atoms with van der Waals surface area (Å²) in [6.07, 6.45) is 4.73. The van der Waals surface area contributed by atoms with Crippen LogP contribution in [0.15, 0.2) is 41.3 Å². The predicted molar refractivity (Wildman–Crippen MR) is 138 cm³/mol. The van der Waals surface area contributed by atoms with Crippen molar-refractivity contribution in [2.75, 3.05) is 33.3 Å². The number of methoxy groups -OCH3 is 1. The summed E-state index contributed by atoms with van der Waals surface area (Å²) in [5.74, 6) is 0.964. The molecule has 0 bridgehead atoms. The van der Waals surface area contributed by atoms with Crippen LogP contribution in [0.2, 0.25) is 0 Å². The molecule has 0 saturated carbocycles. The lowest BCUT2D eigenvalue weighted by molar-refractivity contribution is 0.312. The molecule has 2 heterocycles. The van der Waals surface area contributed by atoms with E-state index < -0.39 is 20.4 Å². The third-order valence-electron chi connectivity index (χ3n) is 6.35. The zero-order chi connectivity index (χ0) is 27.1. The molecule has 2 aliphatic heterocycles. The average Bonchev–Trinajstić information content (AvgIpc) is 3.54. The molecular formula is C24H35N3O8S2. The molecule has 0 aromatic heterocycles. The van der Waals surface area contributed by atoms with Gasteiger partial charge < -0.3 is 9.84 Å². The first-order chi connectivity index (χ1) is 17.4. The molecule has 0 unspecified atom stereocenters. The van der Waals surface area contributed by atoms with Crippen LogP contribution in [0.3, 0.4) is 0 Å². The molecule has 4 N–H and O–H groups in total. The van der Waals surface area contributed by atoms with Crippen LogP contribution in [-0.4, -0.2) is 74.1 Å². The van der Waals surface area contributed by atoms with E-state index in [1.165, 1.54) is 37.8 Å². The monoisotopic (exact) mass is 557 g/mol. The Bertz CT molecular complexity index is 1190. The molecule has 13 heteroatoms. The van der Waals surface area contributed by atoms with Gasteiger partial charge in [-0.15, -0.1) is 0 Å². The second kappa shape index (κ2) is 13.0. The van der Waals surface area contributed by atoms with Crippen molar-refractivity contribution in [3.63, 3.8) is 0 Å². The fourth-order valence-electron chi connectivity index (χ4n) is 4.56. The van der Waals surface area contributed by atoms with E-state index in [2.05, 4.69) is 14.5 Å². The van der Waals surface area contributed by atoms with Crippen LogP contribution in [0, 0.1) is 0 Å². The highest BCUT2D eigenvalue weighted by molar-refractivity contribution is 7.89. The Balaban J connectivity index is 0.000000695. The fraction of sp³-hybridized carbons (Fsp3) is 0.500. The van der Waals surface area contributed by atoms with E-state index in [-0.39, 0.29) is 11.4 Å². The molecule has 2 fully saturated rings. The molecule has 0 spiro atoms. The first kappa shape index (κ1) is 29.3. The van der Waals surface area contributed by atoms with E-state index in [1.54, 1.807) is 19.2 Å². The van der Waals surface area contributed by atoms with Crippen molar-refractivity contribution in [3.05, 3.63) is 53.1 Å². The number of nitrogens with one attached hydrogen (secondary N) is 1. The van der Waals surface area contributed by atoms with Crippen molar-refractivity contribution in [1.82, 2.24) is 14.5 Å². The van der Waals surface area contributed by atoms with Crippen molar-refractivity contribution in [2.24, 2.45) is 0 Å². The van der Waals surface area contributed by atoms with Gasteiger partial charge in [0, 0.05) is 30.8 Å². The molecule has 11 nitrogen and oxygen atoms in total. The van der Waals surface area contributed by atoms with Gasteiger partial charge in [0.2, 0.25) is 10.0 Å². The van der Waals surface area contributed by atoms with Crippen molar-refractivity contribution < 1.29 is 35.8 Å². The van der Waals surface area contributed by atoms with Gasteiger partial charge in [-0.25, -0.2) is 13.1 Å². The molecule has 0 aliphatic carbocycles. The topological polar surface area (TPSA) is 157 Å². The van der Waals surface area contributed by atoms with Gasteiger partial charge in [0.05, 0.1) is 12.0 Å². The van der Waals surface area contributed by atoms with Crippen LogP contribution in [-0.2, 0) is 40.1 Å². The molecular weight excluding hydrogens is 522 g/mol. The molecule has 2 saturated heterocycles. The summed E-state index contributed by atoms with van der Waals surface area (Å²) < 4.78 is 65.0. The molecule has 2 aromatic carbocycles. The van der Waals surface area contributed by atoms with Crippen molar-refractivity contribution >= 4 is 20.4 Å². The molecule has 206 valence electrons. The van der Waals surface area contributed by atoms with E-state index in [0.717, 1.165) is 42.9 Å². The lowest BCUT2D eigenvalue weighted by atomic mass is 10.0. The van der Waals surface area contributed by atoms with Crippen molar-refractivity contribution in [3.8, 4) is 11.5 Å². The maximum atomic E-state index is 12.8. The number of aromatic hydroxyl groups is 1. The Morgan fingerprint density at radius 2 is 1.27 bits per heavy atom. The highest BCUT2D eigenvalue weighted by atomic mass is 32.3. The molecule has 0 atom stereocenters. The minimum absolute atomic E-state index is 0.175. The summed E-state index contributed by atoms with van der Waals surface area (Å²) in [5, 5.41) is 11.0. The number of sulfonamides is 1. The van der Waals surface area contributed by atoms with Crippen molar-refractivity contribution in [1.29, 1.82) is 0 Å². The lowest BCUT2D eigenvalue weighted by Gasteiger charge is -2.21. The van der Waals surface area contributed by atoms with Crippen LogP contribution in [0.5, 0.6) is 11.5 Å². The van der Waals surface area contributed by atoms with Gasteiger partial charge in [-0.2, -0.15) is 8.42 Å². The Hall–Kier alpha value is -2.26. The molecule has 37 heavy (non-hydrogen) atoms. The van der Waals surface area contributed by atoms with Crippen LogP contribution in [0.25, 0.3) is 0 Å². The molecule has 0 amide bonds. The van der Waals surface area contributed by atoms with Gasteiger partial charge in [-0.05, 0) is 93.8 Å². The molecule has 2 aromatic rings. The van der Waals surface area contributed by atoms with Gasteiger partial charge in [0.1, 0.15) is 11.5 Å². The van der Waals surface area contributed by atoms with Gasteiger partial charge in [0.15, 0.2) is 0 Å². The quantitative estimate of drug-likeness (QED) is 0.338. The maximum absolute atomic E-state index is 12.8. The SMILES string of the molecule is COc1ccc(S(=O)(=O)NCc2cc(CN3CCCC3)c(O)c(CN3CCCC3)c2)cc1.O=S(=O)(O)O. The summed E-state index contributed by atoms with van der Waals surface area (Å²) in [5.41, 5.74) is 2.62. The lowest BCUT2D eigenvalue weighted by Crippen LogP contribution is -2.24. The number of rotatable bonds is 9. The highest BCUT2D eigenvalue weighted by Gasteiger charge is 2.20. The van der Waals surface area contributed by atoms with E-state index in [9.17, 15) is 13.5 Å². The number of ether oxygens (including phenoxy) is 1. The number of phenolic OH excluding ortho intramolecular Hbond substituents is 1. The first-order valence-electron chi connectivity index (χ1n) is 12.1. The fourth-order valence-corrected chi connectivity index (χ4v) is 5.57. The van der Waals surface area contributed by atoms with E-state index in [4.69, 9.17) is 22.3 Å². The minimum Gasteiger partial charge on any atom is -0.507 e. The molecule has 2 aliphatic rings.